The number of methoxy groups -OCH3 is 3. The van der Waals surface area contributed by atoms with Crippen LogP contribution >= 0.6 is 23.2 Å². The van der Waals surface area contributed by atoms with Crippen molar-refractivity contribution in [3.05, 3.63) is 57.2 Å². The Kier molecular flexibility index (Phi) is 6.12. The molecule has 10 heteroatoms. The number of anilines is 1. The minimum atomic E-state index is -0.595. The molecule has 0 amide bonds. The van der Waals surface area contributed by atoms with E-state index in [1.54, 1.807) is 50.3 Å². The predicted octanol–water partition coefficient (Wildman–Crippen LogP) is 5.94. The highest BCUT2D eigenvalue weighted by Crippen LogP contribution is 2.49. The van der Waals surface area contributed by atoms with Crippen LogP contribution in [-0.4, -0.2) is 41.9 Å². The summed E-state index contributed by atoms with van der Waals surface area (Å²) in [4.78, 5) is 18.3. The Bertz CT molecular complexity index is 1410. The number of nitrogens with one attached hydrogen (secondary N) is 1. The van der Waals surface area contributed by atoms with Crippen molar-refractivity contribution < 1.29 is 19.0 Å². The van der Waals surface area contributed by atoms with Gasteiger partial charge in [0.15, 0.2) is 23.1 Å². The number of fused-ring (bicyclic) bond motifs is 1. The van der Waals surface area contributed by atoms with E-state index in [4.69, 9.17) is 47.5 Å². The molecule has 1 N–H and O–H groups in total. The largest absolute Gasteiger partial charge is 0.496 e. The zero-order valence-electron chi connectivity index (χ0n) is 20.6. The van der Waals surface area contributed by atoms with Crippen molar-refractivity contribution in [1.82, 2.24) is 14.8 Å². The van der Waals surface area contributed by atoms with Crippen molar-refractivity contribution in [2.45, 2.75) is 32.7 Å². The maximum atomic E-state index is 13.6. The SMILES string of the molecule is COc1cc(OC)c(C2C3=C(CC(C)(C)CC3=O)Nc3nc(-c4ccc(Cl)cc4Cl)nn32)cc1OC. The van der Waals surface area contributed by atoms with Crippen LogP contribution in [0.15, 0.2) is 41.6 Å². The summed E-state index contributed by atoms with van der Waals surface area (Å²) in [5.41, 5.74) is 2.60. The molecule has 1 aromatic heterocycles. The van der Waals surface area contributed by atoms with E-state index >= 15 is 0 Å². The first-order valence-electron chi connectivity index (χ1n) is 11.4. The van der Waals surface area contributed by atoms with E-state index in [0.717, 1.165) is 5.70 Å². The molecule has 3 aromatic rings. The Hall–Kier alpha value is -3.23. The number of hydrogen-bond donors (Lipinski definition) is 1. The molecular weight excluding hydrogens is 503 g/mol. The number of rotatable bonds is 5. The normalized spacial score (nSPS) is 18.3. The van der Waals surface area contributed by atoms with Crippen molar-refractivity contribution in [3.8, 4) is 28.6 Å². The van der Waals surface area contributed by atoms with Gasteiger partial charge in [-0.2, -0.15) is 4.98 Å². The maximum Gasteiger partial charge on any atom is 0.226 e. The second-order valence-corrected chi connectivity index (χ2v) is 10.5. The third-order valence-electron chi connectivity index (χ3n) is 6.53. The number of benzene rings is 2. The van der Waals surface area contributed by atoms with Crippen molar-refractivity contribution >= 4 is 34.9 Å². The molecule has 0 fully saturated rings. The van der Waals surface area contributed by atoms with E-state index in [1.807, 2.05) is 6.07 Å². The van der Waals surface area contributed by atoms with Crippen LogP contribution in [0.5, 0.6) is 17.2 Å². The fraction of sp³-hybridized carbons (Fsp3) is 0.346. The minimum Gasteiger partial charge on any atom is -0.496 e. The average molecular weight is 529 g/mol. The molecule has 2 aromatic carbocycles. The van der Waals surface area contributed by atoms with Gasteiger partial charge in [0.1, 0.15) is 11.8 Å². The molecule has 188 valence electrons. The van der Waals surface area contributed by atoms with Crippen LogP contribution in [0.3, 0.4) is 0 Å². The summed E-state index contributed by atoms with van der Waals surface area (Å²) in [6.45, 7) is 4.17. The first-order chi connectivity index (χ1) is 17.2. The van der Waals surface area contributed by atoms with Gasteiger partial charge >= 0.3 is 0 Å². The van der Waals surface area contributed by atoms with Gasteiger partial charge in [0.05, 0.1) is 26.4 Å². The molecule has 2 heterocycles. The molecule has 0 spiro atoms. The second-order valence-electron chi connectivity index (χ2n) is 9.64. The number of ketones is 1. The molecule has 36 heavy (non-hydrogen) atoms. The van der Waals surface area contributed by atoms with Crippen LogP contribution in [0.25, 0.3) is 11.4 Å². The van der Waals surface area contributed by atoms with Crippen molar-refractivity contribution in [1.29, 1.82) is 0 Å². The summed E-state index contributed by atoms with van der Waals surface area (Å²) in [6.07, 6.45) is 1.10. The van der Waals surface area contributed by atoms with Gasteiger partial charge in [0.2, 0.25) is 5.95 Å². The highest BCUT2D eigenvalue weighted by atomic mass is 35.5. The lowest BCUT2D eigenvalue weighted by atomic mass is 9.73. The van der Waals surface area contributed by atoms with Crippen molar-refractivity contribution in [2.75, 3.05) is 26.6 Å². The van der Waals surface area contributed by atoms with Crippen LogP contribution < -0.4 is 19.5 Å². The Morgan fingerprint density at radius 2 is 1.69 bits per heavy atom. The lowest BCUT2D eigenvalue weighted by molar-refractivity contribution is -0.118. The number of aromatic nitrogens is 3. The number of halogens is 2. The van der Waals surface area contributed by atoms with Crippen molar-refractivity contribution in [3.63, 3.8) is 0 Å². The number of nitrogens with zero attached hydrogens (tertiary/aromatic N) is 3. The molecule has 2 aliphatic rings. The molecule has 1 atom stereocenters. The Morgan fingerprint density at radius 1 is 1.00 bits per heavy atom. The molecule has 0 radical (unpaired) electrons. The van der Waals surface area contributed by atoms with Crippen LogP contribution in [-0.2, 0) is 4.79 Å². The number of ether oxygens (including phenoxy) is 3. The summed E-state index contributed by atoms with van der Waals surface area (Å²) >= 11 is 12.6. The highest BCUT2D eigenvalue weighted by Gasteiger charge is 2.43. The van der Waals surface area contributed by atoms with Crippen LogP contribution in [0.1, 0.15) is 38.3 Å². The monoisotopic (exact) mass is 528 g/mol. The number of hydrogen-bond acceptors (Lipinski definition) is 7. The van der Waals surface area contributed by atoms with E-state index in [-0.39, 0.29) is 11.2 Å². The first-order valence-corrected chi connectivity index (χ1v) is 12.2. The lowest BCUT2D eigenvalue weighted by Gasteiger charge is -2.38. The summed E-state index contributed by atoms with van der Waals surface area (Å²) in [6, 6.07) is 8.14. The smallest absolute Gasteiger partial charge is 0.226 e. The van der Waals surface area contributed by atoms with E-state index in [2.05, 4.69) is 19.2 Å². The number of carbonyl (C=O) groups excluding carboxylic acids is 1. The zero-order valence-corrected chi connectivity index (χ0v) is 22.1. The van der Waals surface area contributed by atoms with E-state index in [0.29, 0.717) is 68.6 Å². The Labute approximate surface area is 219 Å². The number of Topliss-reactive ketones (excluding diaryl/α,β-unsaturated/α-hetero) is 1. The summed E-state index contributed by atoms with van der Waals surface area (Å²) < 4.78 is 18.5. The van der Waals surface area contributed by atoms with Crippen LogP contribution in [0, 0.1) is 5.41 Å². The van der Waals surface area contributed by atoms with E-state index in [1.165, 1.54) is 0 Å². The molecule has 0 saturated heterocycles. The number of carbonyl (C=O) groups is 1. The fourth-order valence-electron chi connectivity index (χ4n) is 4.95. The van der Waals surface area contributed by atoms with Crippen LogP contribution in [0.2, 0.25) is 10.0 Å². The van der Waals surface area contributed by atoms with Gasteiger partial charge in [-0.15, -0.1) is 5.10 Å². The van der Waals surface area contributed by atoms with Gasteiger partial charge in [-0.3, -0.25) is 4.79 Å². The standard InChI is InChI=1S/C26H26Cl2N4O4/c1-26(2)11-17-22(18(33)12-26)23(15-9-20(35-4)21(36-5)10-19(15)34-3)32-25(29-17)30-24(31-32)14-7-6-13(27)8-16(14)28/h6-10,23H,11-12H2,1-5H3,(H,29,30,31). The van der Waals surface area contributed by atoms with Gasteiger partial charge in [-0.1, -0.05) is 37.0 Å². The highest BCUT2D eigenvalue weighted by molar-refractivity contribution is 6.36. The van der Waals surface area contributed by atoms with Gasteiger partial charge in [-0.25, -0.2) is 4.68 Å². The molecular formula is C26H26Cl2N4O4. The maximum absolute atomic E-state index is 13.6. The second kappa shape index (κ2) is 9.01. The minimum absolute atomic E-state index is 0.0443. The summed E-state index contributed by atoms with van der Waals surface area (Å²) in [5, 5.41) is 9.13. The lowest BCUT2D eigenvalue weighted by Crippen LogP contribution is -2.36. The molecule has 8 nitrogen and oxygen atoms in total. The Morgan fingerprint density at radius 3 is 2.36 bits per heavy atom. The zero-order chi connectivity index (χ0) is 25.8. The quantitative estimate of drug-likeness (QED) is 0.438. The van der Waals surface area contributed by atoms with Crippen LogP contribution in [0.4, 0.5) is 5.95 Å². The van der Waals surface area contributed by atoms with Crippen molar-refractivity contribution in [2.24, 2.45) is 5.41 Å². The van der Waals surface area contributed by atoms with Gasteiger partial charge < -0.3 is 19.5 Å². The molecule has 1 unspecified atom stereocenters. The average Bonchev–Trinajstić information content (AvgIpc) is 3.24. The van der Waals surface area contributed by atoms with E-state index < -0.39 is 6.04 Å². The first kappa shape index (κ1) is 24.5. The van der Waals surface area contributed by atoms with E-state index in [9.17, 15) is 4.79 Å². The summed E-state index contributed by atoms with van der Waals surface area (Å²) in [5.74, 6) is 2.53. The third kappa shape index (κ3) is 4.08. The molecule has 0 bridgehead atoms. The number of allylic oxidation sites excluding steroid dienone is 2. The predicted molar refractivity (Wildman–Crippen MR) is 138 cm³/mol. The topological polar surface area (TPSA) is 87.5 Å². The third-order valence-corrected chi connectivity index (χ3v) is 7.08. The molecule has 0 saturated carbocycles. The fourth-order valence-corrected chi connectivity index (χ4v) is 5.44. The van der Waals surface area contributed by atoms with Gasteiger partial charge in [-0.05, 0) is 36.1 Å². The summed E-state index contributed by atoms with van der Waals surface area (Å²) in [7, 11) is 4.71. The Balaban J connectivity index is 1.75. The molecule has 5 rings (SSSR count). The van der Waals surface area contributed by atoms with Gasteiger partial charge in [0, 0.05) is 39.9 Å². The molecule has 1 aliphatic heterocycles. The molecule has 1 aliphatic carbocycles. The van der Waals surface area contributed by atoms with Gasteiger partial charge in [0.25, 0.3) is 0 Å².